The lowest BCUT2D eigenvalue weighted by Crippen LogP contribution is -1.96. The summed E-state index contributed by atoms with van der Waals surface area (Å²) in [4.78, 5) is 47.5. The Hall–Kier alpha value is -1.50. The van der Waals surface area contributed by atoms with E-state index in [0.717, 1.165) is 4.88 Å². The summed E-state index contributed by atoms with van der Waals surface area (Å²) in [5, 5.41) is 8.44. The van der Waals surface area contributed by atoms with Crippen LogP contribution in [-0.2, 0) is 22.0 Å². The summed E-state index contributed by atoms with van der Waals surface area (Å²) in [5.74, 6) is 0. The van der Waals surface area contributed by atoms with Crippen LogP contribution >= 0.6 is 83.2 Å². The fraction of sp³-hybridized carbons (Fsp3) is 0.250. The topological polar surface area (TPSA) is 115 Å². The fourth-order valence-corrected chi connectivity index (χ4v) is 13.1. The average Bonchev–Trinajstić information content (AvgIpc) is 3.84. The third kappa shape index (κ3) is 8.20. The number of thiophene rings is 6. The van der Waals surface area contributed by atoms with E-state index in [1.807, 2.05) is 11.3 Å². The van der Waals surface area contributed by atoms with Gasteiger partial charge >= 0.3 is 15.2 Å². The van der Waals surface area contributed by atoms with Gasteiger partial charge in [0.1, 0.15) is 0 Å². The molecule has 0 unspecified atom stereocenters. The van der Waals surface area contributed by atoms with Crippen LogP contribution in [0.4, 0.5) is 0 Å². The van der Waals surface area contributed by atoms with Gasteiger partial charge in [0, 0.05) is 53.4 Å². The Morgan fingerprint density at radius 3 is 1.41 bits per heavy atom. The molecule has 0 saturated carbocycles. The lowest BCUT2D eigenvalue weighted by atomic mass is 9.97. The summed E-state index contributed by atoms with van der Waals surface area (Å²) in [7, 11) is -8.17. The Labute approximate surface area is 292 Å². The van der Waals surface area contributed by atoms with Crippen molar-refractivity contribution in [3.8, 4) is 50.8 Å². The third-order valence-electron chi connectivity index (χ3n) is 7.48. The van der Waals surface area contributed by atoms with E-state index < -0.39 is 15.2 Å². The molecule has 0 saturated heterocycles. The highest BCUT2D eigenvalue weighted by molar-refractivity contribution is 7.52. The van der Waals surface area contributed by atoms with Crippen LogP contribution in [0.1, 0.15) is 36.1 Å². The zero-order valence-corrected chi connectivity index (χ0v) is 31.2. The minimum Gasteiger partial charge on any atom is -0.324 e. The summed E-state index contributed by atoms with van der Waals surface area (Å²) < 4.78 is 23.2. The van der Waals surface area contributed by atoms with Crippen LogP contribution in [0.3, 0.4) is 0 Å². The predicted octanol–water partition coefficient (Wildman–Crippen LogP) is 11.4. The van der Waals surface area contributed by atoms with Crippen molar-refractivity contribution < 1.29 is 28.7 Å². The van der Waals surface area contributed by atoms with Crippen LogP contribution in [0.5, 0.6) is 0 Å². The van der Waals surface area contributed by atoms with Crippen molar-refractivity contribution in [1.82, 2.24) is 0 Å². The van der Waals surface area contributed by atoms with E-state index in [0.29, 0.717) is 38.5 Å². The normalized spacial score (nSPS) is 12.3. The third-order valence-corrected chi connectivity index (χ3v) is 15.6. The molecule has 6 heterocycles. The molecule has 0 aliphatic carbocycles. The summed E-state index contributed by atoms with van der Waals surface area (Å²) in [6.07, 6.45) is 3.21. The van der Waals surface area contributed by atoms with Crippen molar-refractivity contribution >= 4 is 83.2 Å². The first-order valence-corrected chi connectivity index (χ1v) is 23.4. The highest BCUT2D eigenvalue weighted by Gasteiger charge is 2.30. The first-order chi connectivity index (χ1) is 22.1. The molecule has 0 radical (unpaired) electrons. The standard InChI is InChI=1S/C32H32O6P2S6/c33-39(34,35)15-3-1-9-21-22(10-2-4-16-40(36,37)38)45-31(27(21)23-11-5-17-41-23)32-29(25-13-7-19-43-25)28(24-12-6-18-42-24)30(46-32)26-14-8-20-44-26/h5-8,11-14,17-20H,1-4,9-10,15-16H2,(H2,33,34,35)(H2,36,37,38). The second-order valence-electron chi connectivity index (χ2n) is 10.8. The number of unbranched alkanes of at least 4 members (excludes halogenated alkanes) is 2. The van der Waals surface area contributed by atoms with Gasteiger partial charge in [0.25, 0.3) is 0 Å². The Balaban J connectivity index is 1.54. The van der Waals surface area contributed by atoms with Gasteiger partial charge in [-0.1, -0.05) is 24.3 Å². The van der Waals surface area contributed by atoms with Crippen molar-refractivity contribution in [2.75, 3.05) is 12.3 Å². The number of hydrogen-bond acceptors (Lipinski definition) is 8. The number of aryl methyl sites for hydroxylation is 1. The minimum absolute atomic E-state index is 0.136. The molecule has 0 aliphatic rings. The maximum atomic E-state index is 11.6. The Morgan fingerprint density at radius 2 is 0.935 bits per heavy atom. The minimum atomic E-state index is -4.09. The van der Waals surface area contributed by atoms with Gasteiger partial charge in [-0.3, -0.25) is 9.13 Å². The van der Waals surface area contributed by atoms with Crippen LogP contribution in [-0.4, -0.2) is 31.9 Å². The van der Waals surface area contributed by atoms with Crippen molar-refractivity contribution in [2.45, 2.75) is 38.5 Å². The van der Waals surface area contributed by atoms with E-state index in [9.17, 15) is 28.7 Å². The molecule has 0 aliphatic heterocycles. The van der Waals surface area contributed by atoms with E-state index in [1.54, 1.807) is 56.7 Å². The lowest BCUT2D eigenvalue weighted by molar-refractivity contribution is 0.369. The van der Waals surface area contributed by atoms with Gasteiger partial charge < -0.3 is 19.6 Å². The van der Waals surface area contributed by atoms with Crippen LogP contribution in [0.15, 0.2) is 70.1 Å². The van der Waals surface area contributed by atoms with E-state index in [2.05, 4.69) is 70.1 Å². The molecule has 14 heteroatoms. The maximum absolute atomic E-state index is 11.6. The smallest absolute Gasteiger partial charge is 0.324 e. The summed E-state index contributed by atoms with van der Waals surface area (Å²) >= 11 is 10.5. The molecule has 6 aromatic heterocycles. The molecule has 0 spiro atoms. The Kier molecular flexibility index (Phi) is 11.2. The van der Waals surface area contributed by atoms with Gasteiger partial charge in [-0.05, 0) is 89.9 Å². The quantitative estimate of drug-likeness (QED) is 0.0611. The molecule has 0 atom stereocenters. The van der Waals surface area contributed by atoms with Crippen LogP contribution in [0.25, 0.3) is 50.8 Å². The maximum Gasteiger partial charge on any atom is 0.325 e. The SMILES string of the molecule is O=P(O)(O)CCCCc1sc(-c2sc(-c3cccs3)c(-c3cccs3)c2-c2cccs2)c(-c2cccs2)c1CCCCP(=O)(O)O. The Bertz CT molecular complexity index is 1940. The first kappa shape index (κ1) is 34.4. The van der Waals surface area contributed by atoms with E-state index in [4.69, 9.17) is 0 Å². The molecular weight excluding hydrogens is 735 g/mol. The summed E-state index contributed by atoms with van der Waals surface area (Å²) in [5.41, 5.74) is 4.84. The zero-order chi connectivity index (χ0) is 32.3. The van der Waals surface area contributed by atoms with Gasteiger partial charge in [-0.15, -0.1) is 68.0 Å². The average molecular weight is 767 g/mol. The molecule has 0 fully saturated rings. The lowest BCUT2D eigenvalue weighted by Gasteiger charge is -2.10. The molecule has 6 aromatic rings. The number of hydrogen-bond donors (Lipinski definition) is 4. The molecule has 6 rings (SSSR count). The first-order valence-electron chi connectivity index (χ1n) is 14.7. The second kappa shape index (κ2) is 14.9. The zero-order valence-electron chi connectivity index (χ0n) is 24.5. The van der Waals surface area contributed by atoms with Gasteiger partial charge in [-0.25, -0.2) is 0 Å². The molecule has 46 heavy (non-hydrogen) atoms. The molecule has 0 aromatic carbocycles. The molecule has 4 N–H and O–H groups in total. The highest BCUT2D eigenvalue weighted by Crippen LogP contribution is 2.58. The van der Waals surface area contributed by atoms with Crippen LogP contribution in [0.2, 0.25) is 0 Å². The van der Waals surface area contributed by atoms with Crippen LogP contribution < -0.4 is 0 Å². The van der Waals surface area contributed by atoms with Crippen LogP contribution in [0, 0.1) is 0 Å². The molecule has 0 bridgehead atoms. The van der Waals surface area contributed by atoms with Gasteiger partial charge in [0.05, 0.1) is 14.6 Å². The Morgan fingerprint density at radius 1 is 0.500 bits per heavy atom. The monoisotopic (exact) mass is 766 g/mol. The largest absolute Gasteiger partial charge is 0.325 e. The molecule has 242 valence electrons. The number of rotatable bonds is 15. The van der Waals surface area contributed by atoms with Gasteiger partial charge in [0.15, 0.2) is 0 Å². The summed E-state index contributed by atoms with van der Waals surface area (Å²) in [6, 6.07) is 17.1. The van der Waals surface area contributed by atoms with E-state index in [-0.39, 0.29) is 12.3 Å². The van der Waals surface area contributed by atoms with Crippen molar-refractivity contribution in [2.24, 2.45) is 0 Å². The van der Waals surface area contributed by atoms with Crippen molar-refractivity contribution in [1.29, 1.82) is 0 Å². The predicted molar refractivity (Wildman–Crippen MR) is 201 cm³/mol. The van der Waals surface area contributed by atoms with Gasteiger partial charge in [-0.2, -0.15) is 0 Å². The second-order valence-corrected chi connectivity index (χ2v) is 20.3. The molecular formula is C32H32O6P2S6. The fourth-order valence-electron chi connectivity index (χ4n) is 5.53. The highest BCUT2D eigenvalue weighted by atomic mass is 32.1. The molecule has 6 nitrogen and oxygen atoms in total. The van der Waals surface area contributed by atoms with Gasteiger partial charge in [0.2, 0.25) is 0 Å². The molecule has 0 amide bonds. The van der Waals surface area contributed by atoms with Crippen molar-refractivity contribution in [3.63, 3.8) is 0 Å². The van der Waals surface area contributed by atoms with E-state index >= 15 is 0 Å². The summed E-state index contributed by atoms with van der Waals surface area (Å²) in [6.45, 7) is 0. The van der Waals surface area contributed by atoms with E-state index in [1.165, 1.54) is 56.4 Å². The van der Waals surface area contributed by atoms with Crippen molar-refractivity contribution in [3.05, 3.63) is 80.5 Å².